The highest BCUT2D eigenvalue weighted by Crippen LogP contribution is 2.20. The number of fused-ring (bicyclic) bond motifs is 1. The van der Waals surface area contributed by atoms with Crippen LogP contribution in [0, 0.1) is 0 Å². The number of carbonyl (C=O) groups is 2. The minimum absolute atomic E-state index is 0.0792. The van der Waals surface area contributed by atoms with Crippen LogP contribution in [-0.4, -0.2) is 35.5 Å². The average molecular weight is 426 g/mol. The molecule has 0 fully saturated rings. The fourth-order valence-corrected chi connectivity index (χ4v) is 4.05. The maximum atomic E-state index is 12.4. The fourth-order valence-electron chi connectivity index (χ4n) is 2.11. The molecule has 2 aromatic carbocycles. The molecule has 12 heteroatoms. The minimum Gasteiger partial charge on any atom is -0.272 e. The summed E-state index contributed by atoms with van der Waals surface area (Å²) < 4.78 is 34.9. The largest absolute Gasteiger partial charge is 0.272 e. The highest BCUT2D eigenvalue weighted by atomic mass is 35.5. The van der Waals surface area contributed by atoms with Crippen molar-refractivity contribution in [1.29, 1.82) is 0 Å². The molecule has 0 unspecified atom stereocenters. The van der Waals surface area contributed by atoms with E-state index in [4.69, 9.17) is 11.6 Å². The lowest BCUT2D eigenvalue weighted by atomic mass is 10.2. The van der Waals surface area contributed by atoms with Crippen LogP contribution in [0.4, 0.5) is 0 Å². The molecule has 0 radical (unpaired) electrons. The van der Waals surface area contributed by atoms with E-state index in [9.17, 15) is 18.0 Å². The summed E-state index contributed by atoms with van der Waals surface area (Å²) in [6.45, 7) is -0.577. The van der Waals surface area contributed by atoms with Gasteiger partial charge in [0.05, 0.1) is 18.3 Å². The van der Waals surface area contributed by atoms with Gasteiger partial charge in [0, 0.05) is 10.6 Å². The Labute approximate surface area is 163 Å². The Bertz CT molecular complexity index is 1120. The molecule has 1 aromatic heterocycles. The molecule has 9 nitrogen and oxygen atoms in total. The molecule has 0 aliphatic carbocycles. The van der Waals surface area contributed by atoms with Gasteiger partial charge in [0.1, 0.15) is 15.9 Å². The maximum Gasteiger partial charge on any atom is 0.269 e. The van der Waals surface area contributed by atoms with Crippen molar-refractivity contribution in [3.05, 3.63) is 53.1 Å². The van der Waals surface area contributed by atoms with Gasteiger partial charge in [-0.2, -0.15) is 8.75 Å². The van der Waals surface area contributed by atoms with Gasteiger partial charge in [-0.1, -0.05) is 23.7 Å². The molecule has 2 amide bonds. The van der Waals surface area contributed by atoms with Crippen molar-refractivity contribution < 1.29 is 18.0 Å². The summed E-state index contributed by atoms with van der Waals surface area (Å²) in [5.74, 6) is -1.34. The Kier molecular flexibility index (Phi) is 5.65. The zero-order valence-electron chi connectivity index (χ0n) is 13.5. The van der Waals surface area contributed by atoms with Crippen molar-refractivity contribution in [1.82, 2.24) is 24.3 Å². The van der Waals surface area contributed by atoms with E-state index < -0.39 is 28.4 Å². The third-order valence-corrected chi connectivity index (χ3v) is 5.57. The molecule has 0 aliphatic heterocycles. The van der Waals surface area contributed by atoms with E-state index in [0.29, 0.717) is 10.5 Å². The zero-order chi connectivity index (χ0) is 19.4. The lowest BCUT2D eigenvalue weighted by Crippen LogP contribution is -2.46. The number of hydrazine groups is 1. The summed E-state index contributed by atoms with van der Waals surface area (Å²) in [5.41, 5.74) is 5.21. The number of halogens is 1. The molecule has 0 saturated heterocycles. The molecule has 0 aliphatic rings. The van der Waals surface area contributed by atoms with Gasteiger partial charge in [-0.3, -0.25) is 20.4 Å². The van der Waals surface area contributed by atoms with Crippen molar-refractivity contribution in [3.8, 4) is 0 Å². The highest BCUT2D eigenvalue weighted by Gasteiger charge is 2.20. The van der Waals surface area contributed by atoms with E-state index in [1.165, 1.54) is 24.3 Å². The summed E-state index contributed by atoms with van der Waals surface area (Å²) in [7, 11) is -3.99. The van der Waals surface area contributed by atoms with Gasteiger partial charge in [-0.25, -0.2) is 13.1 Å². The SMILES string of the molecule is O=C(CNS(=O)(=O)c1cccc2nsnc12)NNC(=O)c1cccc(Cl)c1. The Balaban J connectivity index is 1.58. The second kappa shape index (κ2) is 7.96. The predicted octanol–water partition coefficient (Wildman–Crippen LogP) is 1.08. The predicted molar refractivity (Wildman–Crippen MR) is 99.7 cm³/mol. The normalized spacial score (nSPS) is 11.3. The second-order valence-corrected chi connectivity index (χ2v) is 7.93. The van der Waals surface area contributed by atoms with E-state index >= 15 is 0 Å². The van der Waals surface area contributed by atoms with Gasteiger partial charge >= 0.3 is 0 Å². The Hall–Kier alpha value is -2.60. The van der Waals surface area contributed by atoms with E-state index in [-0.39, 0.29) is 16.0 Å². The van der Waals surface area contributed by atoms with Gasteiger partial charge in [0.2, 0.25) is 10.0 Å². The van der Waals surface area contributed by atoms with Crippen molar-refractivity contribution in [2.45, 2.75) is 4.90 Å². The summed E-state index contributed by atoms with van der Waals surface area (Å²) in [5, 5.41) is 0.368. The number of nitrogens with zero attached hydrogens (tertiary/aromatic N) is 2. The van der Waals surface area contributed by atoms with E-state index in [2.05, 4.69) is 24.3 Å². The van der Waals surface area contributed by atoms with Crippen molar-refractivity contribution in [2.75, 3.05) is 6.54 Å². The molecule has 0 saturated carbocycles. The number of hydrogen-bond acceptors (Lipinski definition) is 7. The van der Waals surface area contributed by atoms with E-state index in [1.54, 1.807) is 18.2 Å². The Morgan fingerprint density at radius 3 is 2.63 bits per heavy atom. The first-order chi connectivity index (χ1) is 12.9. The van der Waals surface area contributed by atoms with Gasteiger partial charge in [-0.15, -0.1) is 0 Å². The Morgan fingerprint density at radius 2 is 1.85 bits per heavy atom. The van der Waals surface area contributed by atoms with Crippen molar-refractivity contribution in [3.63, 3.8) is 0 Å². The van der Waals surface area contributed by atoms with Crippen LogP contribution in [0.15, 0.2) is 47.4 Å². The van der Waals surface area contributed by atoms with Crippen LogP contribution < -0.4 is 15.6 Å². The van der Waals surface area contributed by atoms with Crippen molar-refractivity contribution >= 4 is 56.2 Å². The third kappa shape index (κ3) is 4.57. The fraction of sp³-hybridized carbons (Fsp3) is 0.0667. The lowest BCUT2D eigenvalue weighted by Gasteiger charge is -2.09. The van der Waals surface area contributed by atoms with Crippen LogP contribution in [0.1, 0.15) is 10.4 Å². The molecular formula is C15H12ClN5O4S2. The first-order valence-corrected chi connectivity index (χ1v) is 10.0. The highest BCUT2D eigenvalue weighted by molar-refractivity contribution is 7.89. The molecule has 0 atom stereocenters. The first-order valence-electron chi connectivity index (χ1n) is 7.42. The Morgan fingerprint density at radius 1 is 1.07 bits per heavy atom. The first kappa shape index (κ1) is 19.2. The van der Waals surface area contributed by atoms with Crippen LogP contribution in [0.3, 0.4) is 0 Å². The molecule has 3 aromatic rings. The smallest absolute Gasteiger partial charge is 0.269 e. The number of carbonyl (C=O) groups excluding carboxylic acids is 2. The summed E-state index contributed by atoms with van der Waals surface area (Å²) in [6.07, 6.45) is 0. The number of benzene rings is 2. The average Bonchev–Trinajstić information content (AvgIpc) is 3.13. The third-order valence-electron chi connectivity index (χ3n) is 3.36. The number of amides is 2. The van der Waals surface area contributed by atoms with Crippen LogP contribution in [0.5, 0.6) is 0 Å². The number of sulfonamides is 1. The lowest BCUT2D eigenvalue weighted by molar-refractivity contribution is -0.120. The molecule has 3 N–H and O–H groups in total. The number of hydrogen-bond donors (Lipinski definition) is 3. The molecule has 27 heavy (non-hydrogen) atoms. The molecule has 1 heterocycles. The van der Waals surface area contributed by atoms with Gasteiger partial charge in [0.15, 0.2) is 0 Å². The van der Waals surface area contributed by atoms with Crippen LogP contribution in [0.25, 0.3) is 11.0 Å². The summed E-state index contributed by atoms with van der Waals surface area (Å²) in [6, 6.07) is 10.7. The van der Waals surface area contributed by atoms with Crippen LogP contribution in [-0.2, 0) is 14.8 Å². The minimum atomic E-state index is -3.99. The summed E-state index contributed by atoms with van der Waals surface area (Å²) in [4.78, 5) is 23.7. The zero-order valence-corrected chi connectivity index (χ0v) is 15.9. The number of nitrogens with one attached hydrogen (secondary N) is 3. The van der Waals surface area contributed by atoms with Crippen LogP contribution >= 0.6 is 23.3 Å². The van der Waals surface area contributed by atoms with Crippen molar-refractivity contribution in [2.24, 2.45) is 0 Å². The summed E-state index contributed by atoms with van der Waals surface area (Å²) >= 11 is 6.68. The molecule has 0 bridgehead atoms. The van der Waals surface area contributed by atoms with Crippen LogP contribution in [0.2, 0.25) is 5.02 Å². The molecule has 0 spiro atoms. The van der Waals surface area contributed by atoms with Gasteiger partial charge in [0.25, 0.3) is 11.8 Å². The maximum absolute atomic E-state index is 12.4. The topological polar surface area (TPSA) is 130 Å². The van der Waals surface area contributed by atoms with Gasteiger partial charge in [-0.05, 0) is 30.3 Å². The standard InChI is InChI=1S/C15H12ClN5O4S2/c16-10-4-1-3-9(7-10)15(23)19-18-13(22)8-17-27(24,25)12-6-2-5-11-14(12)21-26-20-11/h1-7,17H,8H2,(H,18,22)(H,19,23). The quantitative estimate of drug-likeness (QED) is 0.524. The van der Waals surface area contributed by atoms with E-state index in [0.717, 1.165) is 11.7 Å². The molecule has 3 rings (SSSR count). The van der Waals surface area contributed by atoms with Gasteiger partial charge < -0.3 is 0 Å². The number of aromatic nitrogens is 2. The molecule has 140 valence electrons. The monoisotopic (exact) mass is 425 g/mol. The second-order valence-electron chi connectivity index (χ2n) is 5.23. The molecular weight excluding hydrogens is 414 g/mol. The van der Waals surface area contributed by atoms with E-state index in [1.807, 2.05) is 0 Å². The number of rotatable bonds is 5.